The highest BCUT2D eigenvalue weighted by Gasteiger charge is 2.24. The first-order chi connectivity index (χ1) is 22.1. The Hall–Kier alpha value is -4.18. The van der Waals surface area contributed by atoms with Gasteiger partial charge in [-0.3, -0.25) is 9.97 Å². The number of hydrogen-bond donors (Lipinski definition) is 0. The van der Waals surface area contributed by atoms with Crippen molar-refractivity contribution in [2.45, 2.75) is 60.8 Å². The van der Waals surface area contributed by atoms with E-state index < -0.39 is 0 Å². The molecule has 0 saturated heterocycles. The van der Waals surface area contributed by atoms with Gasteiger partial charge in [0.05, 0.1) is 11.4 Å². The monoisotopic (exact) mass is 612 g/mol. The molecule has 0 aliphatic carbocycles. The summed E-state index contributed by atoms with van der Waals surface area (Å²) < 4.78 is 0. The SMILES string of the molecule is CC(C)CCN1CCC(C)(C)CN(CCC(C)C)c2ccc(cc2)/C=C/c2ccnc(c2)-c2cc(ccn2)/C=C/c2ccc1cc2. The van der Waals surface area contributed by atoms with E-state index in [-0.39, 0.29) is 5.41 Å². The lowest BCUT2D eigenvalue weighted by Crippen LogP contribution is -2.38. The second-order valence-corrected chi connectivity index (χ2v) is 14.5. The molecule has 0 unspecified atom stereocenters. The van der Waals surface area contributed by atoms with Gasteiger partial charge in [0.25, 0.3) is 0 Å². The van der Waals surface area contributed by atoms with Gasteiger partial charge in [-0.05, 0) is 107 Å². The average Bonchev–Trinajstić information content (AvgIpc) is 3.05. The fraction of sp³-hybridized carbons (Fsp3) is 0.381. The number of rotatable bonds is 6. The van der Waals surface area contributed by atoms with E-state index in [4.69, 9.17) is 0 Å². The molecule has 0 N–H and O–H groups in total. The fourth-order valence-corrected chi connectivity index (χ4v) is 5.89. The van der Waals surface area contributed by atoms with E-state index in [1.807, 2.05) is 24.5 Å². The molecule has 0 saturated carbocycles. The summed E-state index contributed by atoms with van der Waals surface area (Å²) in [7, 11) is 0. The molecule has 4 aliphatic heterocycles. The quantitative estimate of drug-likeness (QED) is 0.217. The minimum Gasteiger partial charge on any atom is -0.372 e. The second-order valence-electron chi connectivity index (χ2n) is 14.5. The van der Waals surface area contributed by atoms with Gasteiger partial charge < -0.3 is 9.80 Å². The van der Waals surface area contributed by atoms with Crippen molar-refractivity contribution in [3.63, 3.8) is 0 Å². The maximum absolute atomic E-state index is 4.64. The van der Waals surface area contributed by atoms with Crippen LogP contribution in [0, 0.1) is 17.3 Å². The van der Waals surface area contributed by atoms with Crippen LogP contribution in [0.4, 0.5) is 11.4 Å². The van der Waals surface area contributed by atoms with Crippen molar-refractivity contribution < 1.29 is 0 Å². The smallest absolute Gasteiger partial charge is 0.0892 e. The van der Waals surface area contributed by atoms with Crippen molar-refractivity contribution in [2.75, 3.05) is 36.0 Å². The van der Waals surface area contributed by atoms with Crippen LogP contribution < -0.4 is 9.80 Å². The molecule has 6 heterocycles. The predicted octanol–water partition coefficient (Wildman–Crippen LogP) is 10.6. The lowest BCUT2D eigenvalue weighted by molar-refractivity contribution is 0.333. The molecule has 0 spiro atoms. The van der Waals surface area contributed by atoms with Crippen LogP contribution in [0.1, 0.15) is 83.1 Å². The van der Waals surface area contributed by atoms with Crippen molar-refractivity contribution in [3.8, 4) is 11.4 Å². The van der Waals surface area contributed by atoms with E-state index >= 15 is 0 Å². The highest BCUT2D eigenvalue weighted by Crippen LogP contribution is 2.29. The molecular formula is C42H52N4. The van der Waals surface area contributed by atoms with E-state index in [1.54, 1.807) is 0 Å². The third kappa shape index (κ3) is 9.66. The number of aromatic nitrogens is 2. The van der Waals surface area contributed by atoms with Gasteiger partial charge in [0.2, 0.25) is 0 Å². The molecule has 8 rings (SSSR count). The number of benzene rings is 2. The zero-order valence-corrected chi connectivity index (χ0v) is 28.8. The Morgan fingerprint density at radius 3 is 1.50 bits per heavy atom. The molecule has 0 fully saturated rings. The van der Waals surface area contributed by atoms with Gasteiger partial charge in [0.15, 0.2) is 0 Å². The van der Waals surface area contributed by atoms with E-state index in [0.29, 0.717) is 11.8 Å². The molecule has 4 aliphatic rings. The molecule has 240 valence electrons. The summed E-state index contributed by atoms with van der Waals surface area (Å²) in [6, 6.07) is 26.5. The molecule has 0 amide bonds. The van der Waals surface area contributed by atoms with Crippen LogP contribution in [0.25, 0.3) is 35.7 Å². The molecule has 8 bridgehead atoms. The number of hydrogen-bond acceptors (Lipinski definition) is 4. The minimum absolute atomic E-state index is 0.157. The van der Waals surface area contributed by atoms with Crippen molar-refractivity contribution >= 4 is 35.7 Å². The largest absolute Gasteiger partial charge is 0.372 e. The average molecular weight is 613 g/mol. The van der Waals surface area contributed by atoms with Crippen LogP contribution in [0.3, 0.4) is 0 Å². The van der Waals surface area contributed by atoms with Crippen molar-refractivity contribution in [3.05, 3.63) is 107 Å². The predicted molar refractivity (Wildman–Crippen MR) is 200 cm³/mol. The van der Waals surface area contributed by atoms with Gasteiger partial charge in [0.1, 0.15) is 0 Å². The lowest BCUT2D eigenvalue weighted by atomic mass is 9.87. The molecule has 46 heavy (non-hydrogen) atoms. The van der Waals surface area contributed by atoms with E-state index in [0.717, 1.165) is 55.1 Å². The van der Waals surface area contributed by atoms with Gasteiger partial charge in [0, 0.05) is 49.9 Å². The summed E-state index contributed by atoms with van der Waals surface area (Å²) in [5, 5.41) is 0. The Morgan fingerprint density at radius 1 is 0.587 bits per heavy atom. The van der Waals surface area contributed by atoms with Crippen LogP contribution in [0.5, 0.6) is 0 Å². The zero-order chi connectivity index (χ0) is 32.5. The van der Waals surface area contributed by atoms with Crippen molar-refractivity contribution in [1.29, 1.82) is 0 Å². The highest BCUT2D eigenvalue weighted by molar-refractivity contribution is 5.74. The summed E-state index contributed by atoms with van der Waals surface area (Å²) in [5.74, 6) is 1.34. The lowest BCUT2D eigenvalue weighted by Gasteiger charge is -2.37. The van der Waals surface area contributed by atoms with Gasteiger partial charge in [-0.15, -0.1) is 0 Å². The topological polar surface area (TPSA) is 32.3 Å². The summed E-state index contributed by atoms with van der Waals surface area (Å²) >= 11 is 0. The third-order valence-electron chi connectivity index (χ3n) is 8.91. The third-order valence-corrected chi connectivity index (χ3v) is 8.91. The number of anilines is 2. The first kappa shape index (κ1) is 33.2. The Balaban J connectivity index is 1.51. The highest BCUT2D eigenvalue weighted by atomic mass is 15.1. The Morgan fingerprint density at radius 2 is 1.02 bits per heavy atom. The van der Waals surface area contributed by atoms with Gasteiger partial charge in [-0.2, -0.15) is 0 Å². The summed E-state index contributed by atoms with van der Waals surface area (Å²) in [6.45, 7) is 18.4. The van der Waals surface area contributed by atoms with Gasteiger partial charge >= 0.3 is 0 Å². The molecule has 4 nitrogen and oxygen atoms in total. The molecule has 4 heteroatoms. The summed E-state index contributed by atoms with van der Waals surface area (Å²) in [6.07, 6.45) is 15.9. The van der Waals surface area contributed by atoms with E-state index in [1.165, 1.54) is 35.3 Å². The molecule has 4 aromatic rings. The van der Waals surface area contributed by atoms with Crippen LogP contribution in [0.15, 0.2) is 85.2 Å². The minimum atomic E-state index is 0.157. The Kier molecular flexibility index (Phi) is 11.1. The summed E-state index contributed by atoms with van der Waals surface area (Å²) in [5.41, 5.74) is 9.11. The number of pyridine rings is 2. The molecule has 0 atom stereocenters. The molecule has 2 aromatic carbocycles. The van der Waals surface area contributed by atoms with E-state index in [9.17, 15) is 0 Å². The van der Waals surface area contributed by atoms with Gasteiger partial charge in [-0.25, -0.2) is 0 Å². The zero-order valence-electron chi connectivity index (χ0n) is 28.8. The maximum Gasteiger partial charge on any atom is 0.0892 e. The van der Waals surface area contributed by atoms with Crippen LogP contribution in [-0.2, 0) is 0 Å². The van der Waals surface area contributed by atoms with Crippen LogP contribution in [0.2, 0.25) is 0 Å². The summed E-state index contributed by atoms with van der Waals surface area (Å²) in [4.78, 5) is 14.5. The second kappa shape index (κ2) is 15.4. The molecule has 2 aromatic heterocycles. The number of nitrogens with zero attached hydrogens (tertiary/aromatic N) is 4. The normalized spacial score (nSPS) is 16.5. The maximum atomic E-state index is 4.64. The first-order valence-electron chi connectivity index (χ1n) is 17.1. The van der Waals surface area contributed by atoms with Crippen molar-refractivity contribution in [2.24, 2.45) is 17.3 Å². The van der Waals surface area contributed by atoms with Crippen molar-refractivity contribution in [1.82, 2.24) is 9.97 Å². The van der Waals surface area contributed by atoms with Crippen LogP contribution in [-0.4, -0.2) is 36.1 Å². The fourth-order valence-electron chi connectivity index (χ4n) is 5.89. The van der Waals surface area contributed by atoms with E-state index in [2.05, 4.69) is 146 Å². The molecular weight excluding hydrogens is 560 g/mol. The van der Waals surface area contributed by atoms with Gasteiger partial charge in [-0.1, -0.05) is 90.1 Å². The Labute approximate surface area is 277 Å². The Bertz CT molecular complexity index is 1600. The van der Waals surface area contributed by atoms with Crippen LogP contribution >= 0.6 is 0 Å². The molecule has 0 radical (unpaired) electrons. The standard InChI is InChI=1S/C42H52N4/c1-32(2)21-26-45-28-23-42(5,6)31-46(27-22-33(3)4)39-17-13-35(14-18-39)8-10-37-20-25-44-41(30-37)40-29-36(19-24-43-40)9-7-34-11-15-38(45)16-12-34/h7-20,24-25,29-30,32-33H,21-23,26-28,31H2,1-6H3/b9-7+,10-8+. The first-order valence-corrected chi connectivity index (χ1v) is 17.1.